The molecule has 7 aromatic rings. The summed E-state index contributed by atoms with van der Waals surface area (Å²) in [6, 6.07) is 34.5. The fourth-order valence-electron chi connectivity index (χ4n) is 4.79. The second-order valence-corrected chi connectivity index (χ2v) is 9.64. The number of fused-ring (bicyclic) bond motifs is 1. The number of hydrogen-bond acceptors (Lipinski definition) is 6. The van der Waals surface area contributed by atoms with E-state index in [1.807, 2.05) is 66.7 Å². The van der Waals surface area contributed by atoms with Crippen LogP contribution in [0.2, 0.25) is 0 Å². The minimum absolute atomic E-state index is 0.0747. The summed E-state index contributed by atoms with van der Waals surface area (Å²) in [6.07, 6.45) is 1.58. The first-order valence-electron chi connectivity index (χ1n) is 13.2. The number of aromatic amines is 1. The molecule has 0 fully saturated rings. The van der Waals surface area contributed by atoms with Crippen LogP contribution in [0.25, 0.3) is 45.2 Å². The summed E-state index contributed by atoms with van der Waals surface area (Å²) in [4.78, 5) is 34.3. The zero-order valence-electron chi connectivity index (χ0n) is 22.1. The highest BCUT2D eigenvalue weighted by Crippen LogP contribution is 2.29. The van der Waals surface area contributed by atoms with E-state index in [1.54, 1.807) is 54.8 Å². The molecule has 0 aliphatic heterocycles. The molecule has 0 radical (unpaired) electrons. The van der Waals surface area contributed by atoms with E-state index in [4.69, 9.17) is 13.9 Å². The number of furan rings is 1. The lowest BCUT2D eigenvalue weighted by atomic mass is 10.0. The van der Waals surface area contributed by atoms with Crippen LogP contribution in [0.3, 0.4) is 0 Å². The van der Waals surface area contributed by atoms with E-state index >= 15 is 0 Å². The number of nitrogens with zero attached hydrogens (tertiary/aromatic N) is 2. The van der Waals surface area contributed by atoms with Gasteiger partial charge in [-0.1, -0.05) is 65.8 Å². The van der Waals surface area contributed by atoms with Crippen LogP contribution in [0.4, 0.5) is 5.69 Å². The number of benzene rings is 4. The smallest absolute Gasteiger partial charge is 0.256 e. The number of hydrogen-bond donors (Lipinski definition) is 2. The Morgan fingerprint density at radius 1 is 0.738 bits per heavy atom. The molecular formula is C34H22N4O4. The molecule has 202 valence electrons. The SMILES string of the molecule is O=C(c1ccccc1)c1ccc2[nH]c(-c3ccccc3C(=O)Nc3ccc(-c4cc(-c5ccco5)on4)cc3)nc2c1. The fraction of sp³-hybridized carbons (Fsp3) is 0. The molecule has 3 aromatic heterocycles. The van der Waals surface area contributed by atoms with Gasteiger partial charge in [0.25, 0.3) is 5.91 Å². The molecule has 4 aromatic carbocycles. The third-order valence-electron chi connectivity index (χ3n) is 6.92. The average molecular weight is 551 g/mol. The van der Waals surface area contributed by atoms with Crippen LogP contribution in [0.15, 0.2) is 130 Å². The third-order valence-corrected chi connectivity index (χ3v) is 6.92. The van der Waals surface area contributed by atoms with Crippen LogP contribution in [-0.2, 0) is 0 Å². The summed E-state index contributed by atoms with van der Waals surface area (Å²) in [5, 5.41) is 7.09. The number of carbonyl (C=O) groups excluding carboxylic acids is 2. The predicted molar refractivity (Wildman–Crippen MR) is 159 cm³/mol. The number of aromatic nitrogens is 3. The number of carbonyl (C=O) groups is 2. The summed E-state index contributed by atoms with van der Waals surface area (Å²) in [7, 11) is 0. The van der Waals surface area contributed by atoms with Gasteiger partial charge in [-0.3, -0.25) is 9.59 Å². The van der Waals surface area contributed by atoms with Gasteiger partial charge in [-0.05, 0) is 48.5 Å². The Morgan fingerprint density at radius 3 is 2.36 bits per heavy atom. The molecule has 1 amide bonds. The molecule has 0 aliphatic carbocycles. The molecule has 0 aliphatic rings. The van der Waals surface area contributed by atoms with Crippen LogP contribution >= 0.6 is 0 Å². The summed E-state index contributed by atoms with van der Waals surface area (Å²) >= 11 is 0. The highest BCUT2D eigenvalue weighted by molar-refractivity contribution is 6.11. The van der Waals surface area contributed by atoms with Crippen molar-refractivity contribution in [2.24, 2.45) is 0 Å². The Balaban J connectivity index is 1.11. The van der Waals surface area contributed by atoms with Crippen LogP contribution in [0.1, 0.15) is 26.3 Å². The van der Waals surface area contributed by atoms with Gasteiger partial charge in [0.1, 0.15) is 11.5 Å². The largest absolute Gasteiger partial charge is 0.461 e. The summed E-state index contributed by atoms with van der Waals surface area (Å²) < 4.78 is 10.8. The summed E-state index contributed by atoms with van der Waals surface area (Å²) in [5.41, 5.74) is 5.79. The van der Waals surface area contributed by atoms with Gasteiger partial charge in [0.2, 0.25) is 5.76 Å². The maximum absolute atomic E-state index is 13.4. The maximum atomic E-state index is 13.4. The van der Waals surface area contributed by atoms with Gasteiger partial charge in [-0.2, -0.15) is 0 Å². The molecule has 8 heteroatoms. The zero-order chi connectivity index (χ0) is 28.5. The van der Waals surface area contributed by atoms with E-state index < -0.39 is 0 Å². The molecule has 0 spiro atoms. The van der Waals surface area contributed by atoms with Crippen molar-refractivity contribution in [2.75, 3.05) is 5.32 Å². The molecule has 0 atom stereocenters. The van der Waals surface area contributed by atoms with E-state index in [0.29, 0.717) is 56.5 Å². The number of rotatable bonds is 7. The van der Waals surface area contributed by atoms with Crippen molar-refractivity contribution in [1.29, 1.82) is 0 Å². The minimum atomic E-state index is -0.278. The highest BCUT2D eigenvalue weighted by Gasteiger charge is 2.17. The second kappa shape index (κ2) is 10.5. The van der Waals surface area contributed by atoms with Crippen molar-refractivity contribution in [1.82, 2.24) is 15.1 Å². The number of anilines is 1. The molecular weight excluding hydrogens is 528 g/mol. The van der Waals surface area contributed by atoms with Gasteiger partial charge >= 0.3 is 0 Å². The quantitative estimate of drug-likeness (QED) is 0.197. The molecule has 0 bridgehead atoms. The topological polar surface area (TPSA) is 114 Å². The zero-order valence-corrected chi connectivity index (χ0v) is 22.1. The first-order valence-corrected chi connectivity index (χ1v) is 13.2. The van der Waals surface area contributed by atoms with Crippen molar-refractivity contribution >= 4 is 28.4 Å². The lowest BCUT2D eigenvalue weighted by molar-refractivity contribution is 0.102. The van der Waals surface area contributed by atoms with Crippen LogP contribution < -0.4 is 5.32 Å². The van der Waals surface area contributed by atoms with E-state index in [1.165, 1.54) is 0 Å². The summed E-state index contributed by atoms with van der Waals surface area (Å²) in [5.74, 6) is 1.32. The Hall–Kier alpha value is -6.02. The van der Waals surface area contributed by atoms with E-state index in [-0.39, 0.29) is 11.7 Å². The van der Waals surface area contributed by atoms with E-state index in [0.717, 1.165) is 11.1 Å². The fourth-order valence-corrected chi connectivity index (χ4v) is 4.79. The second-order valence-electron chi connectivity index (χ2n) is 9.64. The Morgan fingerprint density at radius 2 is 1.55 bits per heavy atom. The number of H-pyrrole nitrogens is 1. The van der Waals surface area contributed by atoms with Crippen molar-refractivity contribution in [3.63, 3.8) is 0 Å². The Bertz CT molecular complexity index is 2040. The van der Waals surface area contributed by atoms with E-state index in [2.05, 4.69) is 15.5 Å². The Labute approximate surface area is 239 Å². The molecule has 2 N–H and O–H groups in total. The van der Waals surface area contributed by atoms with E-state index in [9.17, 15) is 9.59 Å². The van der Waals surface area contributed by atoms with Gasteiger partial charge in [0.05, 0.1) is 22.9 Å². The predicted octanol–water partition coefficient (Wildman–Crippen LogP) is 7.63. The molecule has 0 saturated carbocycles. The number of ketones is 1. The number of amides is 1. The summed E-state index contributed by atoms with van der Waals surface area (Å²) in [6.45, 7) is 0. The third kappa shape index (κ3) is 4.77. The highest BCUT2D eigenvalue weighted by atomic mass is 16.5. The molecule has 7 rings (SSSR count). The first kappa shape index (κ1) is 25.0. The van der Waals surface area contributed by atoms with Gasteiger partial charge in [-0.15, -0.1) is 0 Å². The van der Waals surface area contributed by atoms with Crippen molar-refractivity contribution in [2.45, 2.75) is 0 Å². The van der Waals surface area contributed by atoms with Crippen LogP contribution in [0, 0.1) is 0 Å². The van der Waals surface area contributed by atoms with Crippen LogP contribution in [-0.4, -0.2) is 26.8 Å². The molecule has 42 heavy (non-hydrogen) atoms. The number of nitrogens with one attached hydrogen (secondary N) is 2. The van der Waals surface area contributed by atoms with Gasteiger partial charge in [-0.25, -0.2) is 4.98 Å². The lowest BCUT2D eigenvalue weighted by Gasteiger charge is -2.09. The van der Waals surface area contributed by atoms with Crippen LogP contribution in [0.5, 0.6) is 0 Å². The van der Waals surface area contributed by atoms with Crippen molar-refractivity contribution < 1.29 is 18.5 Å². The average Bonchev–Trinajstić information content (AvgIpc) is 3.82. The lowest BCUT2D eigenvalue weighted by Crippen LogP contribution is -2.13. The van der Waals surface area contributed by atoms with Crippen molar-refractivity contribution in [3.05, 3.63) is 138 Å². The number of imidazole rings is 1. The Kier molecular flexibility index (Phi) is 6.25. The van der Waals surface area contributed by atoms with Crippen molar-refractivity contribution in [3.8, 4) is 34.2 Å². The minimum Gasteiger partial charge on any atom is -0.461 e. The molecule has 0 unspecified atom stereocenters. The van der Waals surface area contributed by atoms with Gasteiger partial charge < -0.3 is 19.2 Å². The first-order chi connectivity index (χ1) is 20.6. The maximum Gasteiger partial charge on any atom is 0.256 e. The van der Waals surface area contributed by atoms with Gasteiger partial charge in [0, 0.05) is 34.0 Å². The normalized spacial score (nSPS) is 11.0. The standard InChI is InChI=1S/C34H22N4O4/c39-32(22-7-2-1-3-8-22)23-14-17-27-29(19-23)37-33(36-27)25-9-4-5-10-26(25)34(40)35-24-15-12-21(13-16-24)28-20-31(42-38-28)30-11-6-18-41-30/h1-20H,(H,35,40)(H,36,37). The molecule has 0 saturated heterocycles. The van der Waals surface area contributed by atoms with Gasteiger partial charge in [0.15, 0.2) is 11.5 Å². The molecule has 3 heterocycles. The monoisotopic (exact) mass is 550 g/mol. The molecule has 8 nitrogen and oxygen atoms in total.